The van der Waals surface area contributed by atoms with Crippen molar-refractivity contribution in [1.82, 2.24) is 19.7 Å². The molecule has 33 heavy (non-hydrogen) atoms. The smallest absolute Gasteiger partial charge is 0.444 e. The molecule has 7 nitrogen and oxygen atoms in total. The van der Waals surface area contributed by atoms with Crippen molar-refractivity contribution in [3.63, 3.8) is 0 Å². The lowest BCUT2D eigenvalue weighted by Gasteiger charge is -2.39. The standard InChI is InChI=1S/C22H22F3IN4O3/c1-12-9-14(32-22(23,24)25)5-6-16(12)30-19-17(15(26)7-8-27-19)18(28-30)13-10-29(11-13)20(31)33-21(2,3)4/h5-9,13H,10-11H2,1-4H3. The van der Waals surface area contributed by atoms with Gasteiger partial charge in [-0.15, -0.1) is 13.2 Å². The number of alkyl halides is 3. The second kappa shape index (κ2) is 8.33. The molecule has 0 bridgehead atoms. The van der Waals surface area contributed by atoms with Crippen LogP contribution in [0.15, 0.2) is 30.5 Å². The lowest BCUT2D eigenvalue weighted by atomic mass is 9.95. The molecule has 1 aliphatic heterocycles. The Morgan fingerprint density at radius 3 is 2.48 bits per heavy atom. The van der Waals surface area contributed by atoms with E-state index in [2.05, 4.69) is 32.3 Å². The molecule has 1 aromatic carbocycles. The number of carbonyl (C=O) groups excluding carboxylic acids is 1. The predicted octanol–water partition coefficient (Wildman–Crippen LogP) is 5.57. The molecule has 0 N–H and O–H groups in total. The van der Waals surface area contributed by atoms with Gasteiger partial charge in [0.1, 0.15) is 11.4 Å². The molecule has 1 saturated heterocycles. The molecule has 1 amide bonds. The van der Waals surface area contributed by atoms with Crippen molar-refractivity contribution in [2.45, 2.75) is 45.6 Å². The highest BCUT2D eigenvalue weighted by Crippen LogP contribution is 2.36. The summed E-state index contributed by atoms with van der Waals surface area (Å²) >= 11 is 2.21. The minimum absolute atomic E-state index is 0.00729. The Balaban J connectivity index is 1.66. The van der Waals surface area contributed by atoms with Crippen LogP contribution in [0.5, 0.6) is 5.75 Å². The van der Waals surface area contributed by atoms with E-state index < -0.39 is 12.0 Å². The fourth-order valence-electron chi connectivity index (χ4n) is 3.67. The zero-order chi connectivity index (χ0) is 24.1. The van der Waals surface area contributed by atoms with Crippen LogP contribution in [-0.4, -0.2) is 50.8 Å². The van der Waals surface area contributed by atoms with Gasteiger partial charge in [-0.05, 0) is 80.1 Å². The molecule has 0 unspecified atom stereocenters. The molecule has 11 heteroatoms. The number of halogens is 4. The fourth-order valence-corrected chi connectivity index (χ4v) is 4.35. The van der Waals surface area contributed by atoms with Crippen molar-refractivity contribution in [3.8, 4) is 11.4 Å². The van der Waals surface area contributed by atoms with Gasteiger partial charge in [0.15, 0.2) is 5.65 Å². The molecule has 3 aromatic rings. The largest absolute Gasteiger partial charge is 0.573 e. The molecule has 176 valence electrons. The summed E-state index contributed by atoms with van der Waals surface area (Å²) in [6, 6.07) is 5.97. The molecule has 0 atom stereocenters. The Kier molecular flexibility index (Phi) is 5.95. The molecule has 0 radical (unpaired) electrons. The van der Waals surface area contributed by atoms with Gasteiger partial charge in [0, 0.05) is 28.8 Å². The van der Waals surface area contributed by atoms with E-state index in [1.165, 1.54) is 18.2 Å². The van der Waals surface area contributed by atoms with Crippen molar-refractivity contribution < 1.29 is 27.4 Å². The zero-order valence-electron chi connectivity index (χ0n) is 18.4. The Morgan fingerprint density at radius 1 is 1.18 bits per heavy atom. The van der Waals surface area contributed by atoms with Crippen LogP contribution in [0.2, 0.25) is 0 Å². The second-order valence-corrected chi connectivity index (χ2v) is 10.0. The number of aromatic nitrogens is 3. The predicted molar refractivity (Wildman–Crippen MR) is 124 cm³/mol. The van der Waals surface area contributed by atoms with Crippen molar-refractivity contribution >= 4 is 39.7 Å². The van der Waals surface area contributed by atoms with Gasteiger partial charge in [-0.3, -0.25) is 0 Å². The number of hydrogen-bond acceptors (Lipinski definition) is 5. The topological polar surface area (TPSA) is 69.5 Å². The Bertz CT molecular complexity index is 1210. The average Bonchev–Trinajstić information content (AvgIpc) is 2.98. The first-order chi connectivity index (χ1) is 15.3. The third kappa shape index (κ3) is 5.02. The quantitative estimate of drug-likeness (QED) is 0.383. The van der Waals surface area contributed by atoms with Crippen LogP contribution in [0.4, 0.5) is 18.0 Å². The minimum atomic E-state index is -4.76. The molecule has 1 aliphatic rings. The molecule has 3 heterocycles. The van der Waals surface area contributed by atoms with Crippen LogP contribution in [0, 0.1) is 10.5 Å². The number of fused-ring (bicyclic) bond motifs is 1. The summed E-state index contributed by atoms with van der Waals surface area (Å²) in [5.74, 6) is -0.304. The summed E-state index contributed by atoms with van der Waals surface area (Å²) in [6.45, 7) is 8.07. The zero-order valence-corrected chi connectivity index (χ0v) is 20.6. The van der Waals surface area contributed by atoms with E-state index in [1.54, 1.807) is 22.7 Å². The van der Waals surface area contributed by atoms with Crippen molar-refractivity contribution in [2.24, 2.45) is 0 Å². The summed E-state index contributed by atoms with van der Waals surface area (Å²) in [4.78, 5) is 18.4. The van der Waals surface area contributed by atoms with Crippen LogP contribution in [0.25, 0.3) is 16.7 Å². The molecule has 0 spiro atoms. The van der Waals surface area contributed by atoms with Crippen LogP contribution in [0.1, 0.15) is 37.9 Å². The third-order valence-electron chi connectivity index (χ3n) is 5.09. The van der Waals surface area contributed by atoms with E-state index in [-0.39, 0.29) is 17.8 Å². The molecule has 1 fully saturated rings. The number of pyridine rings is 1. The van der Waals surface area contributed by atoms with E-state index in [0.29, 0.717) is 30.0 Å². The highest BCUT2D eigenvalue weighted by atomic mass is 127. The first-order valence-electron chi connectivity index (χ1n) is 10.2. The summed E-state index contributed by atoms with van der Waals surface area (Å²) in [5.41, 5.74) is 1.96. The van der Waals surface area contributed by atoms with Gasteiger partial charge in [-0.2, -0.15) is 5.10 Å². The van der Waals surface area contributed by atoms with Gasteiger partial charge in [0.05, 0.1) is 16.8 Å². The van der Waals surface area contributed by atoms with Crippen LogP contribution in [0.3, 0.4) is 0 Å². The molecular formula is C22H22F3IN4O3. The highest BCUT2D eigenvalue weighted by molar-refractivity contribution is 14.1. The van der Waals surface area contributed by atoms with Crippen molar-refractivity contribution in [2.75, 3.05) is 13.1 Å². The summed E-state index contributed by atoms with van der Waals surface area (Å²) in [6.07, 6.45) is -3.47. The highest BCUT2D eigenvalue weighted by Gasteiger charge is 2.38. The minimum Gasteiger partial charge on any atom is -0.444 e. The summed E-state index contributed by atoms with van der Waals surface area (Å²) in [7, 11) is 0. The molecule has 0 aliphatic carbocycles. The normalized spacial score (nSPS) is 15.0. The lowest BCUT2D eigenvalue weighted by molar-refractivity contribution is -0.274. The third-order valence-corrected chi connectivity index (χ3v) is 5.99. The summed E-state index contributed by atoms with van der Waals surface area (Å²) in [5, 5.41) is 5.65. The maximum Gasteiger partial charge on any atom is 0.573 e. The number of carbonyl (C=O) groups is 1. The second-order valence-electron chi connectivity index (χ2n) is 8.87. The molecular weight excluding hydrogens is 552 g/mol. The van der Waals surface area contributed by atoms with Gasteiger partial charge >= 0.3 is 12.5 Å². The van der Waals surface area contributed by atoms with E-state index >= 15 is 0 Å². The van der Waals surface area contributed by atoms with Gasteiger partial charge in [0.2, 0.25) is 0 Å². The average molecular weight is 574 g/mol. The van der Waals surface area contributed by atoms with Crippen LogP contribution < -0.4 is 4.74 Å². The first-order valence-corrected chi connectivity index (χ1v) is 11.3. The number of benzene rings is 1. The Labute approximate surface area is 202 Å². The van der Waals surface area contributed by atoms with Crippen LogP contribution >= 0.6 is 22.6 Å². The summed E-state index contributed by atoms with van der Waals surface area (Å²) < 4.78 is 49.8. The number of rotatable bonds is 3. The van der Waals surface area contributed by atoms with Crippen molar-refractivity contribution in [3.05, 3.63) is 45.3 Å². The Hall–Kier alpha value is -2.57. The number of aryl methyl sites for hydroxylation is 1. The maximum absolute atomic E-state index is 12.6. The number of hydrogen-bond donors (Lipinski definition) is 0. The molecule has 4 rings (SSSR count). The monoisotopic (exact) mass is 574 g/mol. The van der Waals surface area contributed by atoms with Gasteiger partial charge in [0.25, 0.3) is 0 Å². The van der Waals surface area contributed by atoms with Crippen LogP contribution in [-0.2, 0) is 4.74 Å². The van der Waals surface area contributed by atoms with E-state index in [1.807, 2.05) is 26.8 Å². The molecule has 2 aromatic heterocycles. The van der Waals surface area contributed by atoms with E-state index in [9.17, 15) is 18.0 Å². The van der Waals surface area contributed by atoms with Gasteiger partial charge in [-0.25, -0.2) is 14.5 Å². The van der Waals surface area contributed by atoms with E-state index in [0.717, 1.165) is 14.7 Å². The molecule has 0 saturated carbocycles. The number of likely N-dealkylation sites (tertiary alicyclic amines) is 1. The maximum atomic E-state index is 12.6. The SMILES string of the molecule is Cc1cc(OC(F)(F)F)ccc1-n1nc(C2CN(C(=O)OC(C)(C)C)C2)c2c(I)ccnc21. The van der Waals surface area contributed by atoms with Gasteiger partial charge < -0.3 is 14.4 Å². The van der Waals surface area contributed by atoms with E-state index in [4.69, 9.17) is 9.84 Å². The number of ether oxygens (including phenoxy) is 2. The number of nitrogens with zero attached hydrogens (tertiary/aromatic N) is 4. The van der Waals surface area contributed by atoms with Crippen molar-refractivity contribution in [1.29, 1.82) is 0 Å². The van der Waals surface area contributed by atoms with Gasteiger partial charge in [-0.1, -0.05) is 0 Å². The Morgan fingerprint density at radius 2 is 1.88 bits per heavy atom. The number of amides is 1. The lowest BCUT2D eigenvalue weighted by Crippen LogP contribution is -2.50. The first kappa shape index (κ1) is 23.6. The fraction of sp³-hybridized carbons (Fsp3) is 0.409.